The van der Waals surface area contributed by atoms with E-state index in [-0.39, 0.29) is 17.5 Å². The molecule has 0 saturated heterocycles. The van der Waals surface area contributed by atoms with Gasteiger partial charge >= 0.3 is 6.03 Å². The SMILES string of the molecule is COc1ccc(N(C(=O)N(Cc2ccccc2)Cc2ccccc2)c2ncccc2N=O)cc1OC. The normalized spacial score (nSPS) is 10.4. The standard InChI is InChI=1S/C28H26N4O4/c1-35-25-16-15-23(18-26(25)36-2)32(27-24(30-34)14-9-17-29-27)28(33)31(19-21-10-5-3-6-11-21)20-22-12-7-4-8-13-22/h3-18H,19-20H2,1-2H3. The number of nitroso groups, excluding NO2 is 1. The molecule has 8 nitrogen and oxygen atoms in total. The average molecular weight is 483 g/mol. The summed E-state index contributed by atoms with van der Waals surface area (Å²) in [5.41, 5.74) is 2.42. The fourth-order valence-corrected chi connectivity index (χ4v) is 3.86. The van der Waals surface area contributed by atoms with Gasteiger partial charge in [0.15, 0.2) is 23.0 Å². The van der Waals surface area contributed by atoms with Crippen LogP contribution in [0, 0.1) is 4.91 Å². The number of anilines is 2. The minimum atomic E-state index is -0.376. The van der Waals surface area contributed by atoms with Crippen LogP contribution >= 0.6 is 0 Å². The van der Waals surface area contributed by atoms with Crippen LogP contribution in [0.2, 0.25) is 0 Å². The van der Waals surface area contributed by atoms with Crippen molar-refractivity contribution in [1.82, 2.24) is 9.88 Å². The summed E-state index contributed by atoms with van der Waals surface area (Å²) in [6, 6.07) is 27.3. The molecule has 0 fully saturated rings. The second-order valence-corrected chi connectivity index (χ2v) is 7.92. The van der Waals surface area contributed by atoms with Gasteiger partial charge in [0.25, 0.3) is 0 Å². The predicted octanol–water partition coefficient (Wildman–Crippen LogP) is 6.46. The highest BCUT2D eigenvalue weighted by atomic mass is 16.5. The summed E-state index contributed by atoms with van der Waals surface area (Å²) < 4.78 is 10.8. The number of aromatic nitrogens is 1. The molecule has 0 N–H and O–H groups in total. The molecule has 1 aromatic heterocycles. The van der Waals surface area contributed by atoms with E-state index in [9.17, 15) is 9.70 Å². The summed E-state index contributed by atoms with van der Waals surface area (Å²) in [4.78, 5) is 33.4. The number of pyridine rings is 1. The second kappa shape index (κ2) is 11.6. The number of urea groups is 1. The minimum Gasteiger partial charge on any atom is -0.493 e. The Hall–Kier alpha value is -4.72. The first-order valence-electron chi connectivity index (χ1n) is 11.3. The number of carbonyl (C=O) groups excluding carboxylic acids is 1. The van der Waals surface area contributed by atoms with Gasteiger partial charge in [0.05, 0.1) is 19.9 Å². The average Bonchev–Trinajstić information content (AvgIpc) is 2.94. The van der Waals surface area contributed by atoms with Crippen LogP contribution < -0.4 is 14.4 Å². The lowest BCUT2D eigenvalue weighted by Gasteiger charge is -2.31. The monoisotopic (exact) mass is 482 g/mol. The van der Waals surface area contributed by atoms with Crippen LogP contribution in [0.25, 0.3) is 0 Å². The Morgan fingerprint density at radius 2 is 1.42 bits per heavy atom. The van der Waals surface area contributed by atoms with Gasteiger partial charge in [-0.15, -0.1) is 4.91 Å². The molecule has 0 aliphatic rings. The van der Waals surface area contributed by atoms with Gasteiger partial charge in [-0.05, 0) is 40.6 Å². The van der Waals surface area contributed by atoms with Gasteiger partial charge in [-0.25, -0.2) is 14.7 Å². The molecule has 0 radical (unpaired) electrons. The van der Waals surface area contributed by atoms with Crippen molar-refractivity contribution >= 4 is 23.2 Å². The van der Waals surface area contributed by atoms with Crippen molar-refractivity contribution in [2.24, 2.45) is 5.18 Å². The Balaban J connectivity index is 1.83. The van der Waals surface area contributed by atoms with Crippen LogP contribution in [-0.4, -0.2) is 30.1 Å². The zero-order chi connectivity index (χ0) is 25.3. The number of hydrogen-bond acceptors (Lipinski definition) is 6. The van der Waals surface area contributed by atoms with Gasteiger partial charge in [-0.3, -0.25) is 0 Å². The third kappa shape index (κ3) is 5.50. The van der Waals surface area contributed by atoms with Crippen molar-refractivity contribution in [1.29, 1.82) is 0 Å². The smallest absolute Gasteiger partial charge is 0.330 e. The molecule has 1 heterocycles. The van der Waals surface area contributed by atoms with Crippen molar-refractivity contribution in [3.8, 4) is 11.5 Å². The van der Waals surface area contributed by atoms with Crippen molar-refractivity contribution < 1.29 is 14.3 Å². The second-order valence-electron chi connectivity index (χ2n) is 7.92. The molecule has 0 aliphatic heterocycles. The molecule has 4 rings (SSSR count). The third-order valence-electron chi connectivity index (χ3n) is 5.60. The van der Waals surface area contributed by atoms with Crippen molar-refractivity contribution in [3.63, 3.8) is 0 Å². The number of rotatable bonds is 9. The van der Waals surface area contributed by atoms with E-state index in [1.165, 1.54) is 31.4 Å². The lowest BCUT2D eigenvalue weighted by Crippen LogP contribution is -2.40. The van der Waals surface area contributed by atoms with E-state index < -0.39 is 0 Å². The summed E-state index contributed by atoms with van der Waals surface area (Å²) in [6.45, 7) is 0.685. The number of methoxy groups -OCH3 is 2. The van der Waals surface area contributed by atoms with Crippen LogP contribution in [0.4, 0.5) is 22.0 Å². The summed E-state index contributed by atoms with van der Waals surface area (Å²) in [6.07, 6.45) is 1.52. The van der Waals surface area contributed by atoms with Gasteiger partial charge in [0, 0.05) is 25.4 Å². The molecule has 182 valence electrons. The number of hydrogen-bond donors (Lipinski definition) is 0. The van der Waals surface area contributed by atoms with Crippen molar-refractivity contribution in [2.75, 3.05) is 19.1 Å². The Bertz CT molecular complexity index is 1270. The fourth-order valence-electron chi connectivity index (χ4n) is 3.86. The van der Waals surface area contributed by atoms with Gasteiger partial charge in [0.1, 0.15) is 0 Å². The number of amides is 2. The summed E-state index contributed by atoms with van der Waals surface area (Å²) >= 11 is 0. The maximum absolute atomic E-state index is 14.3. The molecule has 8 heteroatoms. The van der Waals surface area contributed by atoms with Crippen LogP contribution in [0.3, 0.4) is 0 Å². The number of carbonyl (C=O) groups is 1. The Kier molecular flexibility index (Phi) is 7.87. The lowest BCUT2D eigenvalue weighted by atomic mass is 10.1. The van der Waals surface area contributed by atoms with Crippen LogP contribution in [0.15, 0.2) is 102 Å². The van der Waals surface area contributed by atoms with E-state index in [0.29, 0.717) is 30.3 Å². The highest BCUT2D eigenvalue weighted by Gasteiger charge is 2.29. The van der Waals surface area contributed by atoms with Crippen LogP contribution in [-0.2, 0) is 13.1 Å². The number of ether oxygens (including phenoxy) is 2. The molecular formula is C28H26N4O4. The van der Waals surface area contributed by atoms with Crippen LogP contribution in [0.5, 0.6) is 11.5 Å². The Morgan fingerprint density at radius 3 is 1.97 bits per heavy atom. The summed E-state index contributed by atoms with van der Waals surface area (Å²) in [5.74, 6) is 1.06. The lowest BCUT2D eigenvalue weighted by molar-refractivity contribution is 0.201. The molecule has 0 unspecified atom stereocenters. The van der Waals surface area contributed by atoms with Gasteiger partial charge in [-0.2, -0.15) is 0 Å². The third-order valence-corrected chi connectivity index (χ3v) is 5.60. The largest absolute Gasteiger partial charge is 0.493 e. The highest BCUT2D eigenvalue weighted by molar-refractivity contribution is 6.01. The van der Waals surface area contributed by atoms with E-state index in [2.05, 4.69) is 10.2 Å². The maximum Gasteiger partial charge on any atom is 0.330 e. The molecule has 0 bridgehead atoms. The van der Waals surface area contributed by atoms with Crippen LogP contribution in [0.1, 0.15) is 11.1 Å². The fraction of sp³-hybridized carbons (Fsp3) is 0.143. The molecule has 4 aromatic rings. The highest BCUT2D eigenvalue weighted by Crippen LogP contribution is 2.38. The summed E-state index contributed by atoms with van der Waals surface area (Å²) in [7, 11) is 3.05. The topological polar surface area (TPSA) is 84.3 Å². The maximum atomic E-state index is 14.3. The molecule has 2 amide bonds. The van der Waals surface area contributed by atoms with Gasteiger partial charge in [0.2, 0.25) is 0 Å². The van der Waals surface area contributed by atoms with Crippen molar-refractivity contribution in [3.05, 3.63) is 113 Å². The van der Waals surface area contributed by atoms with E-state index in [0.717, 1.165) is 11.1 Å². The predicted molar refractivity (Wildman–Crippen MR) is 139 cm³/mol. The first kappa shape index (κ1) is 24.4. The van der Waals surface area contributed by atoms with Gasteiger partial charge in [-0.1, -0.05) is 60.7 Å². The van der Waals surface area contributed by atoms with Crippen molar-refractivity contribution in [2.45, 2.75) is 13.1 Å². The quantitative estimate of drug-likeness (QED) is 0.256. The molecular weight excluding hydrogens is 456 g/mol. The minimum absolute atomic E-state index is 0.0417. The van der Waals surface area contributed by atoms with E-state index in [1.807, 2.05) is 60.7 Å². The van der Waals surface area contributed by atoms with E-state index in [4.69, 9.17) is 9.47 Å². The Labute approximate surface area is 209 Å². The molecule has 0 saturated carbocycles. The molecule has 0 aliphatic carbocycles. The zero-order valence-electron chi connectivity index (χ0n) is 20.1. The summed E-state index contributed by atoms with van der Waals surface area (Å²) in [5, 5.41) is 3.12. The molecule has 0 spiro atoms. The Morgan fingerprint density at radius 1 is 0.806 bits per heavy atom. The van der Waals surface area contributed by atoms with E-state index >= 15 is 0 Å². The molecule has 3 aromatic carbocycles. The first-order chi connectivity index (χ1) is 17.6. The zero-order valence-corrected chi connectivity index (χ0v) is 20.1. The van der Waals surface area contributed by atoms with Gasteiger partial charge < -0.3 is 14.4 Å². The molecule has 36 heavy (non-hydrogen) atoms. The van der Waals surface area contributed by atoms with E-state index in [1.54, 1.807) is 29.2 Å². The molecule has 0 atom stereocenters. The first-order valence-corrected chi connectivity index (χ1v) is 11.3. The number of nitrogens with zero attached hydrogens (tertiary/aromatic N) is 4. The number of benzene rings is 3.